The maximum atomic E-state index is 10.4. The number of aromatic hydroxyl groups is 1. The topological polar surface area (TPSA) is 40.5 Å². The smallest absolute Gasteiger partial charge is 0.119 e. The number of aliphatic hydroxyl groups is 1. The maximum Gasteiger partial charge on any atom is 0.119 e. The molecule has 0 aliphatic carbocycles. The van der Waals surface area contributed by atoms with Crippen molar-refractivity contribution in [1.82, 2.24) is 0 Å². The Morgan fingerprint density at radius 1 is 1.05 bits per heavy atom. The Balaban J connectivity index is 2.46. The number of hydrogen-bond donors (Lipinski definition) is 2. The first-order chi connectivity index (χ1) is 10.5. The van der Waals surface area contributed by atoms with Gasteiger partial charge in [0.1, 0.15) is 5.75 Å². The predicted molar refractivity (Wildman–Crippen MR) is 91.4 cm³/mol. The van der Waals surface area contributed by atoms with Gasteiger partial charge in [-0.1, -0.05) is 69.7 Å². The van der Waals surface area contributed by atoms with Gasteiger partial charge in [-0.2, -0.15) is 0 Å². The number of hydrogen-bond acceptors (Lipinski definition) is 2. The first kappa shape index (κ1) is 16.6. The molecule has 0 aliphatic rings. The van der Waals surface area contributed by atoms with Crippen LogP contribution in [0.15, 0.2) is 48.5 Å². The van der Waals surface area contributed by atoms with Gasteiger partial charge >= 0.3 is 0 Å². The molecule has 22 heavy (non-hydrogen) atoms. The molecule has 0 aliphatic heterocycles. The Morgan fingerprint density at radius 2 is 1.73 bits per heavy atom. The lowest BCUT2D eigenvalue weighted by Crippen LogP contribution is -2.19. The summed E-state index contributed by atoms with van der Waals surface area (Å²) in [6.45, 7) is 6.51. The van der Waals surface area contributed by atoms with Crippen molar-refractivity contribution in [2.75, 3.05) is 6.61 Å². The molecule has 118 valence electrons. The fourth-order valence-corrected chi connectivity index (χ4v) is 3.03. The molecule has 2 heteroatoms. The molecular weight excluding hydrogens is 272 g/mol. The summed E-state index contributed by atoms with van der Waals surface area (Å²) >= 11 is 0. The van der Waals surface area contributed by atoms with Gasteiger partial charge in [-0.15, -0.1) is 0 Å². The molecule has 0 radical (unpaired) electrons. The van der Waals surface area contributed by atoms with Crippen LogP contribution in [0.25, 0.3) is 0 Å². The molecular formula is C20H26O2. The van der Waals surface area contributed by atoms with Crippen LogP contribution >= 0.6 is 0 Å². The minimum atomic E-state index is -0.284. The van der Waals surface area contributed by atoms with Crippen molar-refractivity contribution in [2.45, 2.75) is 44.9 Å². The van der Waals surface area contributed by atoms with Crippen LogP contribution < -0.4 is 0 Å². The summed E-state index contributed by atoms with van der Waals surface area (Å²) in [6, 6.07) is 15.9. The van der Waals surface area contributed by atoms with Crippen LogP contribution in [0.5, 0.6) is 5.75 Å². The summed E-state index contributed by atoms with van der Waals surface area (Å²) < 4.78 is 0. The third-order valence-electron chi connectivity index (χ3n) is 4.52. The lowest BCUT2D eigenvalue weighted by atomic mass is 9.76. The second kappa shape index (κ2) is 6.97. The molecule has 2 N–H and O–H groups in total. The largest absolute Gasteiger partial charge is 0.508 e. The van der Waals surface area contributed by atoms with E-state index in [1.54, 1.807) is 6.07 Å². The van der Waals surface area contributed by atoms with Crippen LogP contribution in [-0.4, -0.2) is 16.8 Å². The minimum Gasteiger partial charge on any atom is -0.508 e. The third kappa shape index (κ3) is 3.33. The average molecular weight is 298 g/mol. The minimum absolute atomic E-state index is 0.135. The zero-order valence-corrected chi connectivity index (χ0v) is 13.7. The molecule has 0 fully saturated rings. The Labute approximate surface area is 133 Å². The van der Waals surface area contributed by atoms with E-state index >= 15 is 0 Å². The molecule has 0 amide bonds. The number of aliphatic hydroxyl groups excluding tert-OH is 1. The normalized spacial score (nSPS) is 13.1. The Bertz CT molecular complexity index is 602. The zero-order chi connectivity index (χ0) is 16.2. The van der Waals surface area contributed by atoms with E-state index in [4.69, 9.17) is 0 Å². The Kier molecular flexibility index (Phi) is 5.25. The maximum absolute atomic E-state index is 10.4. The van der Waals surface area contributed by atoms with E-state index in [-0.39, 0.29) is 17.9 Å². The van der Waals surface area contributed by atoms with Gasteiger partial charge in [0.25, 0.3) is 0 Å². The van der Waals surface area contributed by atoms with Crippen molar-refractivity contribution in [3.63, 3.8) is 0 Å². The number of phenolic OH excluding ortho intramolecular Hbond substituents is 1. The molecule has 0 saturated carbocycles. The molecule has 2 rings (SSSR count). The molecule has 2 nitrogen and oxygen atoms in total. The molecule has 1 unspecified atom stereocenters. The summed E-state index contributed by atoms with van der Waals surface area (Å²) in [7, 11) is 0. The van der Waals surface area contributed by atoms with Crippen molar-refractivity contribution >= 4 is 0 Å². The van der Waals surface area contributed by atoms with Gasteiger partial charge in [0.2, 0.25) is 0 Å². The van der Waals surface area contributed by atoms with E-state index in [1.165, 1.54) is 5.56 Å². The highest BCUT2D eigenvalue weighted by molar-refractivity contribution is 5.47. The highest BCUT2D eigenvalue weighted by Crippen LogP contribution is 2.38. The number of rotatable bonds is 6. The van der Waals surface area contributed by atoms with Gasteiger partial charge in [-0.3, -0.25) is 0 Å². The van der Waals surface area contributed by atoms with Crippen LogP contribution in [-0.2, 0) is 5.41 Å². The molecule has 0 saturated heterocycles. The molecule has 2 aromatic carbocycles. The standard InChI is InChI=1S/C20H26O2/c1-4-8-16(14-21)15-11-12-19(22)18(13-15)20(2,3)17-9-6-5-7-10-17/h5-7,9-13,16,21-22H,4,8,14H2,1-3H3. The van der Waals surface area contributed by atoms with Gasteiger partial charge in [0.05, 0.1) is 0 Å². The zero-order valence-electron chi connectivity index (χ0n) is 13.7. The SMILES string of the molecule is CCCC(CO)c1ccc(O)c(C(C)(C)c2ccccc2)c1. The van der Waals surface area contributed by atoms with Crippen molar-refractivity contribution in [3.8, 4) is 5.75 Å². The van der Waals surface area contributed by atoms with E-state index in [0.717, 1.165) is 24.0 Å². The fourth-order valence-electron chi connectivity index (χ4n) is 3.03. The lowest BCUT2D eigenvalue weighted by Gasteiger charge is -2.28. The van der Waals surface area contributed by atoms with Gasteiger partial charge in [0, 0.05) is 23.5 Å². The van der Waals surface area contributed by atoms with Crippen molar-refractivity contribution in [1.29, 1.82) is 0 Å². The van der Waals surface area contributed by atoms with E-state index in [1.807, 2.05) is 24.3 Å². The van der Waals surface area contributed by atoms with Crippen molar-refractivity contribution < 1.29 is 10.2 Å². The number of benzene rings is 2. The molecule has 2 aromatic rings. The summed E-state index contributed by atoms with van der Waals surface area (Å²) in [5.74, 6) is 0.446. The second-order valence-corrected chi connectivity index (χ2v) is 6.44. The van der Waals surface area contributed by atoms with Crippen molar-refractivity contribution in [2.24, 2.45) is 0 Å². The molecule has 0 aromatic heterocycles. The highest BCUT2D eigenvalue weighted by atomic mass is 16.3. The second-order valence-electron chi connectivity index (χ2n) is 6.44. The fraction of sp³-hybridized carbons (Fsp3) is 0.400. The molecule has 0 spiro atoms. The average Bonchev–Trinajstić information content (AvgIpc) is 2.54. The van der Waals surface area contributed by atoms with Crippen LogP contribution in [0, 0.1) is 0 Å². The van der Waals surface area contributed by atoms with Crippen LogP contribution in [0.3, 0.4) is 0 Å². The number of phenols is 1. The van der Waals surface area contributed by atoms with Crippen LogP contribution in [0.1, 0.15) is 56.2 Å². The Morgan fingerprint density at radius 3 is 2.32 bits per heavy atom. The van der Waals surface area contributed by atoms with Gasteiger partial charge < -0.3 is 10.2 Å². The van der Waals surface area contributed by atoms with Crippen LogP contribution in [0.2, 0.25) is 0 Å². The lowest BCUT2D eigenvalue weighted by molar-refractivity contribution is 0.258. The molecule has 0 bridgehead atoms. The van der Waals surface area contributed by atoms with Gasteiger partial charge in [-0.05, 0) is 23.6 Å². The molecule has 1 atom stereocenters. The van der Waals surface area contributed by atoms with E-state index in [2.05, 4.69) is 39.0 Å². The summed E-state index contributed by atoms with van der Waals surface area (Å²) in [4.78, 5) is 0. The third-order valence-corrected chi connectivity index (χ3v) is 4.52. The first-order valence-electron chi connectivity index (χ1n) is 8.00. The summed E-state index contributed by atoms with van der Waals surface area (Å²) in [6.07, 6.45) is 1.98. The monoisotopic (exact) mass is 298 g/mol. The Hall–Kier alpha value is -1.80. The summed E-state index contributed by atoms with van der Waals surface area (Å²) in [5, 5.41) is 20.0. The van der Waals surface area contributed by atoms with Crippen LogP contribution in [0.4, 0.5) is 0 Å². The van der Waals surface area contributed by atoms with Gasteiger partial charge in [0.15, 0.2) is 0 Å². The molecule has 0 heterocycles. The van der Waals surface area contributed by atoms with Crippen molar-refractivity contribution in [3.05, 3.63) is 65.2 Å². The highest BCUT2D eigenvalue weighted by Gasteiger charge is 2.27. The van der Waals surface area contributed by atoms with E-state index in [0.29, 0.717) is 5.75 Å². The first-order valence-corrected chi connectivity index (χ1v) is 8.00. The summed E-state index contributed by atoms with van der Waals surface area (Å²) in [5.41, 5.74) is 2.89. The van der Waals surface area contributed by atoms with E-state index < -0.39 is 0 Å². The predicted octanol–water partition coefficient (Wildman–Crippen LogP) is 4.59. The van der Waals surface area contributed by atoms with E-state index in [9.17, 15) is 10.2 Å². The quantitative estimate of drug-likeness (QED) is 0.818. The van der Waals surface area contributed by atoms with Gasteiger partial charge in [-0.25, -0.2) is 0 Å².